The van der Waals surface area contributed by atoms with Gasteiger partial charge in [-0.1, -0.05) is 51.3 Å². The number of benzene rings is 2. The van der Waals surface area contributed by atoms with Gasteiger partial charge < -0.3 is 0 Å². The van der Waals surface area contributed by atoms with Gasteiger partial charge in [-0.25, -0.2) is 4.39 Å². The second-order valence-corrected chi connectivity index (χ2v) is 5.47. The van der Waals surface area contributed by atoms with E-state index in [4.69, 9.17) is 0 Å². The lowest BCUT2D eigenvalue weighted by Gasteiger charge is -2.18. The van der Waals surface area contributed by atoms with Crippen molar-refractivity contribution in [3.05, 3.63) is 71.1 Å². The molecule has 114 valence electrons. The number of hydrogen-bond donors (Lipinski definition) is 0. The first kappa shape index (κ1) is 16.2. The maximum atomic E-state index is 13.9. The first-order valence-corrected chi connectivity index (χ1v) is 7.77. The van der Waals surface area contributed by atoms with Crippen LogP contribution in [0.4, 0.5) is 4.39 Å². The average Bonchev–Trinajstić information content (AvgIpc) is 2.53. The smallest absolute Gasteiger partial charge is 0.123 e. The molecule has 0 fully saturated rings. The predicted octanol–water partition coefficient (Wildman–Crippen LogP) is 6.21. The van der Waals surface area contributed by atoms with Crippen LogP contribution in [-0.4, -0.2) is 0 Å². The van der Waals surface area contributed by atoms with E-state index >= 15 is 0 Å². The Kier molecular flexibility index (Phi) is 4.97. The summed E-state index contributed by atoms with van der Waals surface area (Å²) >= 11 is 0. The minimum Gasteiger partial charge on any atom is -0.207 e. The maximum Gasteiger partial charge on any atom is 0.123 e. The van der Waals surface area contributed by atoms with Gasteiger partial charge >= 0.3 is 0 Å². The number of halogens is 1. The molecule has 0 spiro atoms. The van der Waals surface area contributed by atoms with Crippen LogP contribution in [0.2, 0.25) is 0 Å². The van der Waals surface area contributed by atoms with Gasteiger partial charge in [0.1, 0.15) is 5.82 Å². The van der Waals surface area contributed by atoms with Gasteiger partial charge in [-0.3, -0.25) is 0 Å². The Bertz CT molecular complexity index is 698. The quantitative estimate of drug-likeness (QED) is 0.614. The first-order valence-electron chi connectivity index (χ1n) is 7.77. The molecule has 0 atom stereocenters. The SMILES string of the molecule is C=Cc1c(C)ccc(-c2c(CC)cc(F)cc2CC)c1C=C. The number of rotatable bonds is 5. The van der Waals surface area contributed by atoms with Crippen molar-refractivity contribution in [1.82, 2.24) is 0 Å². The molecule has 0 aromatic heterocycles. The lowest BCUT2D eigenvalue weighted by Crippen LogP contribution is -2.00. The molecule has 0 bridgehead atoms. The fourth-order valence-electron chi connectivity index (χ4n) is 3.08. The Morgan fingerprint density at radius 3 is 1.95 bits per heavy atom. The monoisotopic (exact) mass is 294 g/mol. The zero-order valence-corrected chi connectivity index (χ0v) is 13.7. The van der Waals surface area contributed by atoms with E-state index in [2.05, 4.69) is 46.1 Å². The van der Waals surface area contributed by atoms with Crippen molar-refractivity contribution in [1.29, 1.82) is 0 Å². The van der Waals surface area contributed by atoms with Crippen LogP contribution in [0.5, 0.6) is 0 Å². The Morgan fingerprint density at radius 1 is 0.955 bits per heavy atom. The molecule has 0 amide bonds. The second kappa shape index (κ2) is 6.74. The highest BCUT2D eigenvalue weighted by Crippen LogP contribution is 2.35. The summed E-state index contributed by atoms with van der Waals surface area (Å²) in [4.78, 5) is 0. The van der Waals surface area contributed by atoms with E-state index in [1.165, 1.54) is 5.56 Å². The molecule has 0 aliphatic rings. The maximum absolute atomic E-state index is 13.9. The number of hydrogen-bond acceptors (Lipinski definition) is 0. The van der Waals surface area contributed by atoms with Crippen LogP contribution >= 0.6 is 0 Å². The topological polar surface area (TPSA) is 0 Å². The van der Waals surface area contributed by atoms with Gasteiger partial charge in [0.25, 0.3) is 0 Å². The lowest BCUT2D eigenvalue weighted by molar-refractivity contribution is 0.623. The molecule has 0 unspecified atom stereocenters. The average molecular weight is 294 g/mol. The van der Waals surface area contributed by atoms with E-state index in [9.17, 15) is 4.39 Å². The van der Waals surface area contributed by atoms with Crippen LogP contribution in [0.1, 0.15) is 41.7 Å². The fraction of sp³-hybridized carbons (Fsp3) is 0.238. The minimum atomic E-state index is -0.159. The largest absolute Gasteiger partial charge is 0.207 e. The molecule has 0 nitrogen and oxygen atoms in total. The normalized spacial score (nSPS) is 10.5. The molecule has 0 aliphatic carbocycles. The predicted molar refractivity (Wildman–Crippen MR) is 95.5 cm³/mol. The molecule has 22 heavy (non-hydrogen) atoms. The molecular weight excluding hydrogens is 271 g/mol. The summed E-state index contributed by atoms with van der Waals surface area (Å²) in [5.41, 5.74) is 7.69. The third kappa shape index (κ3) is 2.76. The third-order valence-electron chi connectivity index (χ3n) is 4.21. The van der Waals surface area contributed by atoms with Crippen molar-refractivity contribution in [2.24, 2.45) is 0 Å². The lowest BCUT2D eigenvalue weighted by atomic mass is 9.86. The minimum absolute atomic E-state index is 0.159. The van der Waals surface area contributed by atoms with Crippen LogP contribution in [0.15, 0.2) is 37.4 Å². The molecule has 0 N–H and O–H groups in total. The molecule has 2 rings (SSSR count). The molecule has 2 aromatic rings. The van der Waals surface area contributed by atoms with E-state index < -0.39 is 0 Å². The van der Waals surface area contributed by atoms with E-state index in [1.54, 1.807) is 12.1 Å². The van der Waals surface area contributed by atoms with Crippen LogP contribution in [-0.2, 0) is 12.8 Å². The number of aryl methyl sites for hydroxylation is 3. The molecule has 1 heteroatoms. The zero-order valence-electron chi connectivity index (χ0n) is 13.7. The highest BCUT2D eigenvalue weighted by Gasteiger charge is 2.15. The van der Waals surface area contributed by atoms with Crippen LogP contribution < -0.4 is 0 Å². The Hall–Kier alpha value is -2.15. The summed E-state index contributed by atoms with van der Waals surface area (Å²) in [6.07, 6.45) is 5.35. The van der Waals surface area contributed by atoms with Gasteiger partial charge in [-0.15, -0.1) is 0 Å². The van der Waals surface area contributed by atoms with Crippen molar-refractivity contribution in [2.75, 3.05) is 0 Å². The van der Waals surface area contributed by atoms with Crippen molar-refractivity contribution in [3.8, 4) is 11.1 Å². The second-order valence-electron chi connectivity index (χ2n) is 5.47. The van der Waals surface area contributed by atoms with Gasteiger partial charge in [0, 0.05) is 0 Å². The Labute approximate surface area is 133 Å². The van der Waals surface area contributed by atoms with E-state index in [1.807, 2.05) is 12.2 Å². The Morgan fingerprint density at radius 2 is 1.50 bits per heavy atom. The van der Waals surface area contributed by atoms with Crippen molar-refractivity contribution >= 4 is 12.2 Å². The fourth-order valence-corrected chi connectivity index (χ4v) is 3.08. The van der Waals surface area contributed by atoms with Crippen molar-refractivity contribution < 1.29 is 4.39 Å². The highest BCUT2D eigenvalue weighted by molar-refractivity contribution is 5.84. The molecule has 0 radical (unpaired) electrons. The molecule has 0 saturated heterocycles. The van der Waals surface area contributed by atoms with Crippen LogP contribution in [0, 0.1) is 12.7 Å². The molecular formula is C21H23F. The summed E-state index contributed by atoms with van der Waals surface area (Å²) in [7, 11) is 0. The summed E-state index contributed by atoms with van der Waals surface area (Å²) in [6.45, 7) is 14.1. The third-order valence-corrected chi connectivity index (χ3v) is 4.21. The summed E-state index contributed by atoms with van der Waals surface area (Å²) in [6, 6.07) is 7.51. The van der Waals surface area contributed by atoms with Crippen molar-refractivity contribution in [3.63, 3.8) is 0 Å². The van der Waals surface area contributed by atoms with Gasteiger partial charge in [-0.2, -0.15) is 0 Å². The van der Waals surface area contributed by atoms with Crippen LogP contribution in [0.25, 0.3) is 23.3 Å². The Balaban J connectivity index is 2.87. The molecule has 0 aliphatic heterocycles. The molecule has 0 heterocycles. The summed E-state index contributed by atoms with van der Waals surface area (Å²) in [5.74, 6) is -0.159. The zero-order chi connectivity index (χ0) is 16.3. The van der Waals surface area contributed by atoms with Crippen LogP contribution in [0.3, 0.4) is 0 Å². The van der Waals surface area contributed by atoms with E-state index in [-0.39, 0.29) is 5.82 Å². The first-order chi connectivity index (χ1) is 10.6. The van der Waals surface area contributed by atoms with E-state index in [0.29, 0.717) is 0 Å². The summed E-state index contributed by atoms with van der Waals surface area (Å²) in [5, 5.41) is 0. The van der Waals surface area contributed by atoms with E-state index in [0.717, 1.165) is 46.2 Å². The molecule has 0 saturated carbocycles. The van der Waals surface area contributed by atoms with Gasteiger partial charge in [0.05, 0.1) is 0 Å². The van der Waals surface area contributed by atoms with Gasteiger partial charge in [-0.05, 0) is 70.8 Å². The van der Waals surface area contributed by atoms with Gasteiger partial charge in [0.15, 0.2) is 0 Å². The summed E-state index contributed by atoms with van der Waals surface area (Å²) < 4.78 is 13.9. The standard InChI is InChI=1S/C21H23F/c1-6-15-12-17(22)13-16(7-2)21(15)20-11-10-14(5)18(8-3)19(20)9-4/h8-13H,3-4,6-7H2,1-2,5H3. The molecule has 2 aromatic carbocycles. The van der Waals surface area contributed by atoms with Gasteiger partial charge in [0.2, 0.25) is 0 Å². The van der Waals surface area contributed by atoms with Crippen molar-refractivity contribution in [2.45, 2.75) is 33.6 Å². The highest BCUT2D eigenvalue weighted by atomic mass is 19.1.